The van der Waals surface area contributed by atoms with Gasteiger partial charge in [0.15, 0.2) is 5.69 Å². The van der Waals surface area contributed by atoms with Crippen LogP contribution in [-0.2, 0) is 13.2 Å². The molecule has 1 aliphatic rings. The van der Waals surface area contributed by atoms with Crippen LogP contribution in [0.15, 0.2) is 46.3 Å². The predicted molar refractivity (Wildman–Crippen MR) is 114 cm³/mol. The third-order valence-corrected chi connectivity index (χ3v) is 6.11. The Morgan fingerprint density at radius 2 is 1.87 bits per heavy atom. The normalized spacial score (nSPS) is 14.7. The fourth-order valence-corrected chi connectivity index (χ4v) is 4.18. The summed E-state index contributed by atoms with van der Waals surface area (Å²) in [5.74, 6) is 1.95. The van der Waals surface area contributed by atoms with Crippen LogP contribution in [0.1, 0.15) is 26.7 Å². The summed E-state index contributed by atoms with van der Waals surface area (Å²) in [6.45, 7) is 6.00. The van der Waals surface area contributed by atoms with E-state index in [-0.39, 0.29) is 12.5 Å². The molecule has 3 aromatic rings. The van der Waals surface area contributed by atoms with E-state index in [1.54, 1.807) is 25.4 Å². The monoisotopic (exact) mass is 427 g/mol. The zero-order chi connectivity index (χ0) is 20.9. The fraction of sp³-hybridized carbons (Fsp3) is 0.364. The molecule has 0 spiro atoms. The SMILES string of the molecule is COc1ccc(OCc2c(C(=O)N3CCN(Cc4cccs4)CC3)noc2C)cc1. The maximum atomic E-state index is 13.1. The molecular formula is C22H25N3O4S. The molecule has 1 fully saturated rings. The summed E-state index contributed by atoms with van der Waals surface area (Å²) < 4.78 is 16.3. The Morgan fingerprint density at radius 1 is 1.13 bits per heavy atom. The van der Waals surface area contributed by atoms with Gasteiger partial charge in [-0.3, -0.25) is 9.69 Å². The maximum Gasteiger partial charge on any atom is 0.276 e. The molecule has 3 heterocycles. The van der Waals surface area contributed by atoms with Gasteiger partial charge in [-0.15, -0.1) is 11.3 Å². The van der Waals surface area contributed by atoms with Gasteiger partial charge in [0.1, 0.15) is 23.9 Å². The van der Waals surface area contributed by atoms with Crippen LogP contribution in [-0.4, -0.2) is 54.2 Å². The molecule has 0 aliphatic carbocycles. The highest BCUT2D eigenvalue weighted by Gasteiger charge is 2.28. The van der Waals surface area contributed by atoms with Crippen molar-refractivity contribution in [3.63, 3.8) is 0 Å². The molecule has 0 atom stereocenters. The maximum absolute atomic E-state index is 13.1. The third-order valence-electron chi connectivity index (χ3n) is 5.25. The second-order valence-electron chi connectivity index (χ2n) is 7.18. The number of hydrogen-bond donors (Lipinski definition) is 0. The van der Waals surface area contributed by atoms with Gasteiger partial charge >= 0.3 is 0 Å². The number of piperazine rings is 1. The minimum Gasteiger partial charge on any atom is -0.497 e. The number of carbonyl (C=O) groups excluding carboxylic acids is 1. The van der Waals surface area contributed by atoms with Gasteiger partial charge in [0, 0.05) is 37.6 Å². The number of hydrogen-bond acceptors (Lipinski definition) is 7. The van der Waals surface area contributed by atoms with Crippen molar-refractivity contribution in [2.24, 2.45) is 0 Å². The Hall–Kier alpha value is -2.84. The van der Waals surface area contributed by atoms with Crippen molar-refractivity contribution in [3.8, 4) is 11.5 Å². The quantitative estimate of drug-likeness (QED) is 0.574. The molecule has 2 aromatic heterocycles. The third kappa shape index (κ3) is 4.66. The Kier molecular flexibility index (Phi) is 6.35. The molecule has 0 radical (unpaired) electrons. The Bertz CT molecular complexity index is 961. The molecule has 1 aromatic carbocycles. The van der Waals surface area contributed by atoms with E-state index in [0.717, 1.165) is 25.4 Å². The number of ether oxygens (including phenoxy) is 2. The average molecular weight is 428 g/mol. The molecule has 1 saturated heterocycles. The summed E-state index contributed by atoms with van der Waals surface area (Å²) in [4.78, 5) is 18.6. The number of thiophene rings is 1. The first-order chi connectivity index (χ1) is 14.6. The van der Waals surface area contributed by atoms with Crippen LogP contribution in [0.3, 0.4) is 0 Å². The summed E-state index contributed by atoms with van der Waals surface area (Å²) in [6, 6.07) is 11.5. The molecule has 7 nitrogen and oxygen atoms in total. The Balaban J connectivity index is 1.36. The van der Waals surface area contributed by atoms with Crippen molar-refractivity contribution < 1.29 is 18.8 Å². The minimum absolute atomic E-state index is 0.101. The van der Waals surface area contributed by atoms with Crippen molar-refractivity contribution >= 4 is 17.2 Å². The number of methoxy groups -OCH3 is 1. The largest absolute Gasteiger partial charge is 0.497 e. The van der Waals surface area contributed by atoms with E-state index in [9.17, 15) is 4.79 Å². The van der Waals surface area contributed by atoms with Gasteiger partial charge in [-0.2, -0.15) is 0 Å². The molecule has 1 aliphatic heterocycles. The van der Waals surface area contributed by atoms with E-state index in [0.29, 0.717) is 35.9 Å². The van der Waals surface area contributed by atoms with Gasteiger partial charge < -0.3 is 18.9 Å². The van der Waals surface area contributed by atoms with Crippen molar-refractivity contribution in [3.05, 3.63) is 63.7 Å². The molecule has 8 heteroatoms. The lowest BCUT2D eigenvalue weighted by molar-refractivity contribution is 0.0617. The number of aromatic nitrogens is 1. The molecular weight excluding hydrogens is 402 g/mol. The summed E-state index contributed by atoms with van der Waals surface area (Å²) in [5.41, 5.74) is 1.03. The smallest absolute Gasteiger partial charge is 0.276 e. The van der Waals surface area contributed by atoms with E-state index in [1.807, 2.05) is 29.2 Å². The Morgan fingerprint density at radius 3 is 2.53 bits per heavy atom. The number of carbonyl (C=O) groups is 1. The van der Waals surface area contributed by atoms with Gasteiger partial charge in [-0.1, -0.05) is 11.2 Å². The molecule has 0 bridgehead atoms. The molecule has 158 valence electrons. The van der Waals surface area contributed by atoms with Crippen LogP contribution in [0.25, 0.3) is 0 Å². The number of rotatable bonds is 7. The second-order valence-corrected chi connectivity index (χ2v) is 8.21. The van der Waals surface area contributed by atoms with Gasteiger partial charge in [0.2, 0.25) is 0 Å². The highest BCUT2D eigenvalue weighted by Crippen LogP contribution is 2.22. The van der Waals surface area contributed by atoms with Crippen LogP contribution in [0.2, 0.25) is 0 Å². The first kappa shape index (κ1) is 20.4. The number of aryl methyl sites for hydroxylation is 1. The van der Waals surface area contributed by atoms with Crippen LogP contribution in [0, 0.1) is 6.92 Å². The topological polar surface area (TPSA) is 68.0 Å². The zero-order valence-electron chi connectivity index (χ0n) is 17.2. The van der Waals surface area contributed by atoms with Crippen molar-refractivity contribution in [1.29, 1.82) is 0 Å². The van der Waals surface area contributed by atoms with Crippen LogP contribution < -0.4 is 9.47 Å². The predicted octanol–water partition coefficient (Wildman–Crippen LogP) is 3.59. The Labute approximate surface area is 179 Å². The van der Waals surface area contributed by atoms with Crippen molar-refractivity contribution in [2.75, 3.05) is 33.3 Å². The van der Waals surface area contributed by atoms with Gasteiger partial charge in [0.05, 0.1) is 12.7 Å². The lowest BCUT2D eigenvalue weighted by Gasteiger charge is -2.34. The van der Waals surface area contributed by atoms with Crippen LogP contribution >= 0.6 is 11.3 Å². The highest BCUT2D eigenvalue weighted by atomic mass is 32.1. The summed E-state index contributed by atoms with van der Waals surface area (Å²) >= 11 is 1.77. The number of amides is 1. The molecule has 4 rings (SSSR count). The van der Waals surface area contributed by atoms with Gasteiger partial charge in [-0.05, 0) is 42.6 Å². The van der Waals surface area contributed by atoms with E-state index >= 15 is 0 Å². The van der Waals surface area contributed by atoms with Crippen LogP contribution in [0.5, 0.6) is 11.5 Å². The first-order valence-electron chi connectivity index (χ1n) is 9.90. The summed E-state index contributed by atoms with van der Waals surface area (Å²) in [5, 5.41) is 6.13. The fourth-order valence-electron chi connectivity index (χ4n) is 3.44. The average Bonchev–Trinajstić information content (AvgIpc) is 3.42. The van der Waals surface area contributed by atoms with E-state index in [1.165, 1.54) is 4.88 Å². The lowest BCUT2D eigenvalue weighted by Crippen LogP contribution is -2.48. The van der Waals surface area contributed by atoms with Crippen LogP contribution in [0.4, 0.5) is 0 Å². The zero-order valence-corrected chi connectivity index (χ0v) is 18.0. The van der Waals surface area contributed by atoms with E-state index in [2.05, 4.69) is 27.6 Å². The molecule has 0 unspecified atom stereocenters. The van der Waals surface area contributed by atoms with Crippen molar-refractivity contribution in [1.82, 2.24) is 15.0 Å². The van der Waals surface area contributed by atoms with Gasteiger partial charge in [0.25, 0.3) is 5.91 Å². The summed E-state index contributed by atoms with van der Waals surface area (Å²) in [7, 11) is 1.62. The molecule has 0 N–H and O–H groups in total. The van der Waals surface area contributed by atoms with E-state index < -0.39 is 0 Å². The number of nitrogens with zero attached hydrogens (tertiary/aromatic N) is 3. The first-order valence-corrected chi connectivity index (χ1v) is 10.8. The molecule has 30 heavy (non-hydrogen) atoms. The summed E-state index contributed by atoms with van der Waals surface area (Å²) in [6.07, 6.45) is 0. The lowest BCUT2D eigenvalue weighted by atomic mass is 10.1. The highest BCUT2D eigenvalue weighted by molar-refractivity contribution is 7.09. The van der Waals surface area contributed by atoms with E-state index in [4.69, 9.17) is 14.0 Å². The van der Waals surface area contributed by atoms with Crippen molar-refractivity contribution in [2.45, 2.75) is 20.1 Å². The second kappa shape index (κ2) is 9.32. The molecule has 1 amide bonds. The minimum atomic E-state index is -0.101. The standard InChI is InChI=1S/C22H25N3O4S/c1-16-20(15-28-18-7-5-17(27-2)6-8-18)21(23-29-16)22(26)25-11-9-24(10-12-25)14-19-4-3-13-30-19/h3-8,13H,9-12,14-15H2,1-2H3. The van der Waals surface area contributed by atoms with Gasteiger partial charge in [-0.25, -0.2) is 0 Å². The molecule has 0 saturated carbocycles. The number of benzene rings is 1.